The minimum atomic E-state index is 0.513. The average Bonchev–Trinajstić information content (AvgIpc) is 3.17. The van der Waals surface area contributed by atoms with E-state index in [4.69, 9.17) is 5.73 Å². The Balaban J connectivity index is 1.50. The first-order valence-corrected chi connectivity index (χ1v) is 8.42. The van der Waals surface area contributed by atoms with Crippen LogP contribution < -0.4 is 11.1 Å². The molecule has 0 amide bonds. The van der Waals surface area contributed by atoms with E-state index in [1.165, 1.54) is 57.8 Å². The van der Waals surface area contributed by atoms with Crippen molar-refractivity contribution in [2.24, 2.45) is 10.7 Å². The maximum Gasteiger partial charge on any atom is 0.189 e. The molecule has 3 rings (SSSR count). The molecule has 2 fully saturated rings. The monoisotopic (exact) mass is 289 g/mol. The minimum absolute atomic E-state index is 0.513. The Morgan fingerprint density at radius 1 is 1.19 bits per heavy atom. The molecule has 21 heavy (non-hydrogen) atoms. The lowest BCUT2D eigenvalue weighted by Crippen LogP contribution is -2.41. The molecule has 1 aromatic rings. The van der Waals surface area contributed by atoms with E-state index < -0.39 is 0 Å². The Kier molecular flexibility index (Phi) is 4.78. The van der Waals surface area contributed by atoms with Gasteiger partial charge in [-0.05, 0) is 31.7 Å². The van der Waals surface area contributed by atoms with Crippen LogP contribution in [0.2, 0.25) is 0 Å². The molecule has 0 aromatic carbocycles. The van der Waals surface area contributed by atoms with Crippen molar-refractivity contribution < 1.29 is 0 Å². The lowest BCUT2D eigenvalue weighted by Gasteiger charge is -2.23. The molecule has 5 heteroatoms. The lowest BCUT2D eigenvalue weighted by atomic mass is 9.96. The van der Waals surface area contributed by atoms with Crippen LogP contribution in [0.1, 0.15) is 69.5 Å². The van der Waals surface area contributed by atoms with Crippen LogP contribution in [-0.2, 0) is 6.54 Å². The van der Waals surface area contributed by atoms with Gasteiger partial charge in [-0.1, -0.05) is 32.1 Å². The van der Waals surface area contributed by atoms with Crippen molar-refractivity contribution in [2.45, 2.75) is 76.4 Å². The number of guanidine groups is 1. The molecule has 0 bridgehead atoms. The molecule has 1 heterocycles. The molecular formula is C16H27N5. The summed E-state index contributed by atoms with van der Waals surface area (Å²) >= 11 is 0. The molecule has 2 saturated carbocycles. The molecule has 0 radical (unpaired) electrons. The van der Waals surface area contributed by atoms with Gasteiger partial charge < -0.3 is 11.1 Å². The second-order valence-corrected chi connectivity index (χ2v) is 6.41. The van der Waals surface area contributed by atoms with Crippen molar-refractivity contribution in [1.82, 2.24) is 15.1 Å². The number of aliphatic imine (C=N–C) groups is 1. The molecule has 3 N–H and O–H groups in total. The van der Waals surface area contributed by atoms with Crippen molar-refractivity contribution in [3.63, 3.8) is 0 Å². The zero-order chi connectivity index (χ0) is 14.5. The summed E-state index contributed by atoms with van der Waals surface area (Å²) in [4.78, 5) is 4.44. The minimum Gasteiger partial charge on any atom is -0.370 e. The first-order valence-electron chi connectivity index (χ1n) is 8.42. The Labute approximate surface area is 127 Å². The van der Waals surface area contributed by atoms with Crippen LogP contribution >= 0.6 is 0 Å². The van der Waals surface area contributed by atoms with Gasteiger partial charge in [0.15, 0.2) is 5.96 Å². The van der Waals surface area contributed by atoms with Gasteiger partial charge in [0.05, 0.1) is 18.3 Å². The zero-order valence-corrected chi connectivity index (χ0v) is 12.8. The van der Waals surface area contributed by atoms with Gasteiger partial charge >= 0.3 is 0 Å². The molecular weight excluding hydrogens is 262 g/mol. The van der Waals surface area contributed by atoms with Crippen molar-refractivity contribution in [3.8, 4) is 0 Å². The number of hydrogen-bond donors (Lipinski definition) is 2. The van der Waals surface area contributed by atoms with E-state index in [1.54, 1.807) is 0 Å². The first-order chi connectivity index (χ1) is 10.3. The predicted molar refractivity (Wildman–Crippen MR) is 85.1 cm³/mol. The van der Waals surface area contributed by atoms with Crippen LogP contribution in [0.4, 0.5) is 0 Å². The summed E-state index contributed by atoms with van der Waals surface area (Å²) in [5, 5.41) is 7.98. The molecule has 1 aromatic heterocycles. The van der Waals surface area contributed by atoms with Crippen LogP contribution in [-0.4, -0.2) is 21.8 Å². The third kappa shape index (κ3) is 3.99. The summed E-state index contributed by atoms with van der Waals surface area (Å²) in [5.41, 5.74) is 7.00. The first kappa shape index (κ1) is 14.4. The Morgan fingerprint density at radius 3 is 2.67 bits per heavy atom. The number of hydrogen-bond acceptors (Lipinski definition) is 2. The number of nitrogens with one attached hydrogen (secondary N) is 1. The summed E-state index contributed by atoms with van der Waals surface area (Å²) in [5.74, 6) is 0.567. The summed E-state index contributed by atoms with van der Waals surface area (Å²) < 4.78 is 2.11. The molecule has 116 valence electrons. The van der Waals surface area contributed by atoms with E-state index in [2.05, 4.69) is 32.4 Å². The molecule has 0 aliphatic heterocycles. The second-order valence-electron chi connectivity index (χ2n) is 6.41. The highest BCUT2D eigenvalue weighted by Gasteiger charge is 2.17. The van der Waals surface area contributed by atoms with Gasteiger partial charge in [-0.3, -0.25) is 4.68 Å². The van der Waals surface area contributed by atoms with Gasteiger partial charge in [0.2, 0.25) is 0 Å². The van der Waals surface area contributed by atoms with E-state index in [9.17, 15) is 0 Å². The second kappa shape index (κ2) is 6.96. The highest BCUT2D eigenvalue weighted by molar-refractivity contribution is 5.78. The maximum atomic E-state index is 5.99. The molecule has 0 spiro atoms. The topological polar surface area (TPSA) is 68.2 Å². The SMILES string of the molecule is NC(=NCc1ccn(C2CCCC2)n1)NC1CCCCC1. The van der Waals surface area contributed by atoms with Crippen LogP contribution in [0.5, 0.6) is 0 Å². The van der Waals surface area contributed by atoms with Crippen molar-refractivity contribution in [1.29, 1.82) is 0 Å². The summed E-state index contributed by atoms with van der Waals surface area (Å²) in [6.07, 6.45) is 13.7. The Morgan fingerprint density at radius 2 is 1.90 bits per heavy atom. The highest BCUT2D eigenvalue weighted by Crippen LogP contribution is 2.28. The normalized spacial score (nSPS) is 21.8. The molecule has 5 nitrogen and oxygen atoms in total. The maximum absolute atomic E-state index is 5.99. The molecule has 0 saturated heterocycles. The van der Waals surface area contributed by atoms with Gasteiger partial charge in [0, 0.05) is 12.2 Å². The van der Waals surface area contributed by atoms with Crippen molar-refractivity contribution in [2.75, 3.05) is 0 Å². The van der Waals surface area contributed by atoms with E-state index >= 15 is 0 Å². The largest absolute Gasteiger partial charge is 0.370 e. The van der Waals surface area contributed by atoms with Gasteiger partial charge in [-0.15, -0.1) is 0 Å². The average molecular weight is 289 g/mol. The Bertz CT molecular complexity index is 467. The van der Waals surface area contributed by atoms with Gasteiger partial charge in [0.1, 0.15) is 0 Å². The van der Waals surface area contributed by atoms with Crippen LogP contribution in [0.25, 0.3) is 0 Å². The summed E-state index contributed by atoms with van der Waals surface area (Å²) in [7, 11) is 0. The Hall–Kier alpha value is -1.52. The molecule has 2 aliphatic rings. The van der Waals surface area contributed by atoms with E-state index in [0.29, 0.717) is 24.6 Å². The quantitative estimate of drug-likeness (QED) is 0.661. The smallest absolute Gasteiger partial charge is 0.189 e. The molecule has 2 aliphatic carbocycles. The molecule has 0 atom stereocenters. The summed E-state index contributed by atoms with van der Waals surface area (Å²) in [6, 6.07) is 3.18. The number of nitrogens with zero attached hydrogens (tertiary/aromatic N) is 3. The van der Waals surface area contributed by atoms with Gasteiger partial charge in [-0.25, -0.2) is 4.99 Å². The predicted octanol–water partition coefficient (Wildman–Crippen LogP) is 2.74. The fraction of sp³-hybridized carbons (Fsp3) is 0.750. The van der Waals surface area contributed by atoms with E-state index in [0.717, 1.165) is 5.69 Å². The summed E-state index contributed by atoms with van der Waals surface area (Å²) in [6.45, 7) is 0.575. The lowest BCUT2D eigenvalue weighted by molar-refractivity contribution is 0.412. The van der Waals surface area contributed by atoms with Crippen LogP contribution in [0.15, 0.2) is 17.3 Å². The third-order valence-electron chi connectivity index (χ3n) is 4.73. The number of aromatic nitrogens is 2. The third-order valence-corrected chi connectivity index (χ3v) is 4.73. The number of rotatable bonds is 4. The fourth-order valence-corrected chi connectivity index (χ4v) is 3.50. The van der Waals surface area contributed by atoms with E-state index in [-0.39, 0.29) is 0 Å². The van der Waals surface area contributed by atoms with Crippen molar-refractivity contribution in [3.05, 3.63) is 18.0 Å². The van der Waals surface area contributed by atoms with Crippen LogP contribution in [0.3, 0.4) is 0 Å². The van der Waals surface area contributed by atoms with Crippen molar-refractivity contribution >= 4 is 5.96 Å². The number of nitrogens with two attached hydrogens (primary N) is 1. The standard InChI is InChI=1S/C16H27N5/c17-16(19-13-6-2-1-3-7-13)18-12-14-10-11-21(20-14)15-8-4-5-9-15/h10-11,13,15H,1-9,12H2,(H3,17,18,19). The fourth-order valence-electron chi connectivity index (χ4n) is 3.50. The highest BCUT2D eigenvalue weighted by atomic mass is 15.3. The zero-order valence-electron chi connectivity index (χ0n) is 12.8. The van der Waals surface area contributed by atoms with Gasteiger partial charge in [-0.2, -0.15) is 5.10 Å². The van der Waals surface area contributed by atoms with E-state index in [1.807, 2.05) is 0 Å². The molecule has 0 unspecified atom stereocenters. The van der Waals surface area contributed by atoms with Crippen LogP contribution in [0, 0.1) is 0 Å². The van der Waals surface area contributed by atoms with Gasteiger partial charge in [0.25, 0.3) is 0 Å².